The molecule has 27 heavy (non-hydrogen) atoms. The molecule has 0 radical (unpaired) electrons. The lowest BCUT2D eigenvalue weighted by Crippen LogP contribution is -3.14. The Morgan fingerprint density at radius 1 is 1.15 bits per heavy atom. The molecule has 7 heteroatoms. The Hall–Kier alpha value is -1.96. The van der Waals surface area contributed by atoms with E-state index in [-0.39, 0.29) is 5.91 Å². The molecule has 1 saturated heterocycles. The number of imidazole rings is 1. The lowest BCUT2D eigenvalue weighted by atomic mass is 10.3. The third kappa shape index (κ3) is 3.47. The number of thiophene rings is 1. The number of nitrogens with zero attached hydrogens (tertiary/aromatic N) is 3. The van der Waals surface area contributed by atoms with Crippen molar-refractivity contribution in [2.45, 2.75) is 26.6 Å². The highest BCUT2D eigenvalue weighted by Crippen LogP contribution is 2.21. The molecule has 0 atom stereocenters. The molecule has 1 aliphatic rings. The quantitative estimate of drug-likeness (QED) is 0.682. The first-order valence-corrected chi connectivity index (χ1v) is 10.7. The van der Waals surface area contributed by atoms with E-state index in [1.165, 1.54) is 27.3 Å². The Labute approximate surface area is 168 Å². The molecule has 3 heterocycles. The number of amides is 1. The van der Waals surface area contributed by atoms with Gasteiger partial charge in [-0.2, -0.15) is 0 Å². The molecule has 1 N–H and O–H groups in total. The van der Waals surface area contributed by atoms with Crippen LogP contribution in [0.5, 0.6) is 0 Å². The molecule has 1 amide bonds. The number of hydrogen-bond donors (Lipinski definition) is 1. The van der Waals surface area contributed by atoms with E-state index in [1.807, 2.05) is 22.4 Å². The largest absolute Gasteiger partial charge is 0.327 e. The summed E-state index contributed by atoms with van der Waals surface area (Å²) >= 11 is 7.32. The molecule has 0 spiro atoms. The lowest BCUT2D eigenvalue weighted by molar-refractivity contribution is -0.926. The van der Waals surface area contributed by atoms with Crippen molar-refractivity contribution in [1.29, 1.82) is 0 Å². The molecule has 1 aliphatic heterocycles. The number of carbonyl (C=O) groups excluding carboxylic acids is 1. The first kappa shape index (κ1) is 18.4. The normalized spacial score (nSPS) is 15.7. The maximum atomic E-state index is 12.5. The fourth-order valence-corrected chi connectivity index (χ4v) is 5.01. The van der Waals surface area contributed by atoms with E-state index in [0.717, 1.165) is 42.5 Å². The second kappa shape index (κ2) is 7.58. The number of para-hydroxylation sites is 2. The van der Waals surface area contributed by atoms with Gasteiger partial charge in [0.15, 0.2) is 11.4 Å². The molecule has 142 valence electrons. The van der Waals surface area contributed by atoms with E-state index < -0.39 is 0 Å². The lowest BCUT2D eigenvalue weighted by Gasteiger charge is -2.32. The van der Waals surface area contributed by atoms with E-state index in [4.69, 9.17) is 12.2 Å². The van der Waals surface area contributed by atoms with E-state index >= 15 is 0 Å². The van der Waals surface area contributed by atoms with Gasteiger partial charge in [0.25, 0.3) is 5.91 Å². The topological polar surface area (TPSA) is 34.6 Å². The number of fused-ring (bicyclic) bond motifs is 1. The summed E-state index contributed by atoms with van der Waals surface area (Å²) in [6.45, 7) is 8.67. The molecule has 4 rings (SSSR count). The fraction of sp³-hybridized carbons (Fsp3) is 0.400. The SMILES string of the molecule is CC(C)n1c(=S)n(C[NH+]2CCN(C(=O)c3cccs3)CC2)c2ccccc21. The van der Waals surface area contributed by atoms with Crippen LogP contribution in [-0.4, -0.2) is 46.1 Å². The standard InChI is InChI=1S/C20H24N4OS2/c1-15(2)24-17-7-4-3-6-16(17)23(20(24)26)14-21-9-11-22(12-10-21)19(25)18-8-5-13-27-18/h3-8,13,15H,9-12,14H2,1-2H3/p+1. The maximum absolute atomic E-state index is 12.5. The van der Waals surface area contributed by atoms with Crippen LogP contribution in [0.1, 0.15) is 29.6 Å². The summed E-state index contributed by atoms with van der Waals surface area (Å²) in [6.07, 6.45) is 0. The number of nitrogens with one attached hydrogen (secondary N) is 1. The van der Waals surface area contributed by atoms with Crippen LogP contribution in [0.25, 0.3) is 11.0 Å². The Kier molecular flexibility index (Phi) is 5.16. The summed E-state index contributed by atoms with van der Waals surface area (Å²) in [7, 11) is 0. The highest BCUT2D eigenvalue weighted by molar-refractivity contribution is 7.71. The third-order valence-electron chi connectivity index (χ3n) is 5.26. The summed E-state index contributed by atoms with van der Waals surface area (Å²) < 4.78 is 5.38. The summed E-state index contributed by atoms with van der Waals surface area (Å²) in [5.41, 5.74) is 2.39. The second-order valence-electron chi connectivity index (χ2n) is 7.34. The molecule has 3 aromatic rings. The van der Waals surface area contributed by atoms with Gasteiger partial charge in [-0.1, -0.05) is 18.2 Å². The minimum Gasteiger partial charge on any atom is -0.327 e. The predicted molar refractivity (Wildman–Crippen MR) is 112 cm³/mol. The molecule has 5 nitrogen and oxygen atoms in total. The summed E-state index contributed by atoms with van der Waals surface area (Å²) in [5.74, 6) is 0.164. The zero-order chi connectivity index (χ0) is 19.0. The minimum atomic E-state index is 0.164. The Balaban J connectivity index is 1.51. The van der Waals surface area contributed by atoms with Gasteiger partial charge in [0.2, 0.25) is 0 Å². The molecule has 0 unspecified atom stereocenters. The van der Waals surface area contributed by atoms with Crippen molar-refractivity contribution in [3.05, 3.63) is 51.4 Å². The number of hydrogen-bond acceptors (Lipinski definition) is 3. The van der Waals surface area contributed by atoms with E-state index in [2.05, 4.69) is 47.2 Å². The monoisotopic (exact) mass is 401 g/mol. The second-order valence-corrected chi connectivity index (χ2v) is 8.65. The van der Waals surface area contributed by atoms with Crippen LogP contribution in [0, 0.1) is 4.77 Å². The summed E-state index contributed by atoms with van der Waals surface area (Å²) in [5, 5.41) is 1.96. The van der Waals surface area contributed by atoms with Crippen LogP contribution in [0.3, 0.4) is 0 Å². The van der Waals surface area contributed by atoms with Crippen LogP contribution in [0.15, 0.2) is 41.8 Å². The molecule has 1 aromatic carbocycles. The average molecular weight is 402 g/mol. The van der Waals surface area contributed by atoms with Gasteiger partial charge in [-0.15, -0.1) is 11.3 Å². The Bertz CT molecular complexity index is 995. The smallest absolute Gasteiger partial charge is 0.264 e. The highest BCUT2D eigenvalue weighted by Gasteiger charge is 2.26. The zero-order valence-corrected chi connectivity index (χ0v) is 17.4. The zero-order valence-electron chi connectivity index (χ0n) is 15.7. The van der Waals surface area contributed by atoms with E-state index in [9.17, 15) is 4.79 Å². The molecule has 2 aromatic heterocycles. The van der Waals surface area contributed by atoms with Crippen molar-refractivity contribution >= 4 is 40.5 Å². The number of benzene rings is 1. The van der Waals surface area contributed by atoms with Crippen LogP contribution in [0.2, 0.25) is 0 Å². The third-order valence-corrected chi connectivity index (χ3v) is 6.53. The molecule has 0 bridgehead atoms. The fourth-order valence-electron chi connectivity index (χ4n) is 3.85. The molecule has 1 fully saturated rings. The highest BCUT2D eigenvalue weighted by atomic mass is 32.1. The van der Waals surface area contributed by atoms with Crippen molar-refractivity contribution in [3.8, 4) is 0 Å². The average Bonchev–Trinajstić information content (AvgIpc) is 3.29. The van der Waals surface area contributed by atoms with Crippen LogP contribution in [0.4, 0.5) is 0 Å². The van der Waals surface area contributed by atoms with E-state index in [0.29, 0.717) is 6.04 Å². The van der Waals surface area contributed by atoms with Crippen LogP contribution < -0.4 is 4.90 Å². The van der Waals surface area contributed by atoms with Crippen molar-refractivity contribution in [2.75, 3.05) is 26.2 Å². The molecular formula is C20H25N4OS2+. The number of rotatable bonds is 4. The van der Waals surface area contributed by atoms with Gasteiger partial charge < -0.3 is 14.4 Å². The van der Waals surface area contributed by atoms with Crippen LogP contribution in [-0.2, 0) is 6.67 Å². The molecule has 0 aliphatic carbocycles. The van der Waals surface area contributed by atoms with Gasteiger partial charge in [0.1, 0.15) is 0 Å². The number of aromatic nitrogens is 2. The van der Waals surface area contributed by atoms with Gasteiger partial charge >= 0.3 is 0 Å². The minimum absolute atomic E-state index is 0.164. The van der Waals surface area contributed by atoms with Crippen molar-refractivity contribution in [2.24, 2.45) is 0 Å². The Morgan fingerprint density at radius 2 is 1.85 bits per heavy atom. The first-order valence-electron chi connectivity index (χ1n) is 9.42. The van der Waals surface area contributed by atoms with Gasteiger partial charge in [0, 0.05) is 6.04 Å². The van der Waals surface area contributed by atoms with Gasteiger partial charge in [-0.05, 0) is 49.6 Å². The maximum Gasteiger partial charge on any atom is 0.264 e. The number of quaternary nitrogens is 1. The first-order chi connectivity index (χ1) is 13.1. The Morgan fingerprint density at radius 3 is 2.48 bits per heavy atom. The van der Waals surface area contributed by atoms with Gasteiger partial charge in [0.05, 0.1) is 42.1 Å². The van der Waals surface area contributed by atoms with E-state index in [1.54, 1.807) is 0 Å². The molecular weight excluding hydrogens is 376 g/mol. The summed E-state index contributed by atoms with van der Waals surface area (Å²) in [4.78, 5) is 16.8. The van der Waals surface area contributed by atoms with Crippen molar-refractivity contribution in [1.82, 2.24) is 14.0 Å². The molecule has 0 saturated carbocycles. The number of piperazine rings is 1. The van der Waals surface area contributed by atoms with Gasteiger partial charge in [-0.3, -0.25) is 9.36 Å². The van der Waals surface area contributed by atoms with Crippen molar-refractivity contribution < 1.29 is 9.69 Å². The summed E-state index contributed by atoms with van der Waals surface area (Å²) in [6, 6.07) is 12.6. The number of carbonyl (C=O) groups is 1. The predicted octanol–water partition coefficient (Wildman–Crippen LogP) is 2.81. The van der Waals surface area contributed by atoms with Gasteiger partial charge in [-0.25, -0.2) is 0 Å². The van der Waals surface area contributed by atoms with Crippen LogP contribution >= 0.6 is 23.6 Å². The van der Waals surface area contributed by atoms with Crippen molar-refractivity contribution in [3.63, 3.8) is 0 Å².